The molecule has 1 spiro atoms. The molecular formula is C32H41N3O4. The van der Waals surface area contributed by atoms with E-state index in [1.54, 1.807) is 12.1 Å². The quantitative estimate of drug-likeness (QED) is 0.482. The molecule has 1 fully saturated rings. The maximum absolute atomic E-state index is 13.9. The van der Waals surface area contributed by atoms with E-state index in [1.807, 2.05) is 17.0 Å². The third-order valence-electron chi connectivity index (χ3n) is 8.24. The number of carbonyl (C=O) groups is 3. The van der Waals surface area contributed by atoms with Crippen molar-refractivity contribution in [2.45, 2.75) is 78.8 Å². The van der Waals surface area contributed by atoms with Crippen LogP contribution in [0.25, 0.3) is 0 Å². The molecule has 0 radical (unpaired) electrons. The minimum absolute atomic E-state index is 0.00337. The van der Waals surface area contributed by atoms with Crippen LogP contribution in [0.4, 0.5) is 0 Å². The molecule has 2 N–H and O–H groups in total. The molecule has 7 nitrogen and oxygen atoms in total. The number of rotatable bonds is 8. The van der Waals surface area contributed by atoms with Crippen LogP contribution < -0.4 is 5.32 Å². The van der Waals surface area contributed by atoms with E-state index in [4.69, 9.17) is 10.1 Å². The van der Waals surface area contributed by atoms with E-state index in [9.17, 15) is 14.4 Å². The fourth-order valence-electron chi connectivity index (χ4n) is 6.02. The van der Waals surface area contributed by atoms with Gasteiger partial charge in [-0.15, -0.1) is 0 Å². The van der Waals surface area contributed by atoms with Crippen molar-refractivity contribution in [2.75, 3.05) is 13.1 Å². The zero-order valence-corrected chi connectivity index (χ0v) is 23.8. The van der Waals surface area contributed by atoms with E-state index < -0.39 is 11.6 Å². The Morgan fingerprint density at radius 3 is 2.23 bits per heavy atom. The van der Waals surface area contributed by atoms with Gasteiger partial charge in [0.2, 0.25) is 0 Å². The van der Waals surface area contributed by atoms with E-state index in [0.29, 0.717) is 30.2 Å². The first-order valence-corrected chi connectivity index (χ1v) is 14.0. The summed E-state index contributed by atoms with van der Waals surface area (Å²) in [5, 5.41) is 11.4. The molecule has 0 aromatic heterocycles. The van der Waals surface area contributed by atoms with Crippen molar-refractivity contribution in [1.29, 1.82) is 0 Å². The van der Waals surface area contributed by atoms with Crippen molar-refractivity contribution < 1.29 is 19.5 Å². The van der Waals surface area contributed by atoms with Gasteiger partial charge in [0.15, 0.2) is 0 Å². The molecule has 1 saturated carbocycles. The number of nitrogens with zero attached hydrogens (tertiary/aromatic N) is 2. The number of carbonyl (C=O) groups excluding carboxylic acids is 2. The highest BCUT2D eigenvalue weighted by Crippen LogP contribution is 2.46. The lowest BCUT2D eigenvalue weighted by Gasteiger charge is -2.45. The summed E-state index contributed by atoms with van der Waals surface area (Å²) in [6.07, 6.45) is 4.37. The van der Waals surface area contributed by atoms with Gasteiger partial charge in [0, 0.05) is 24.2 Å². The van der Waals surface area contributed by atoms with E-state index in [1.165, 1.54) is 0 Å². The van der Waals surface area contributed by atoms with Crippen LogP contribution in [-0.4, -0.2) is 52.3 Å². The molecular weight excluding hydrogens is 490 g/mol. The number of nitrogens with one attached hydrogen (secondary N) is 1. The highest BCUT2D eigenvalue weighted by molar-refractivity contribution is 6.46. The highest BCUT2D eigenvalue weighted by Gasteiger charge is 2.49. The molecule has 0 unspecified atom stereocenters. The SMILES string of the molecule is Cc1cc(C)cc(C2=NC3(CCC(C(C)(C)C)CC3)N(CCc3ccc(C(=O)NCCC(=O)O)cc3)C2=O)c1. The Morgan fingerprint density at radius 2 is 1.67 bits per heavy atom. The summed E-state index contributed by atoms with van der Waals surface area (Å²) < 4.78 is 0. The van der Waals surface area contributed by atoms with Crippen LogP contribution in [0.5, 0.6) is 0 Å². The van der Waals surface area contributed by atoms with Crippen molar-refractivity contribution in [3.63, 3.8) is 0 Å². The molecule has 0 saturated heterocycles. The van der Waals surface area contributed by atoms with Gasteiger partial charge >= 0.3 is 5.97 Å². The Labute approximate surface area is 231 Å². The number of hydrogen-bond acceptors (Lipinski definition) is 4. The molecule has 1 aliphatic heterocycles. The first kappa shape index (κ1) is 28.5. The molecule has 7 heteroatoms. The van der Waals surface area contributed by atoms with Gasteiger partial charge in [0.25, 0.3) is 11.8 Å². The molecule has 0 bridgehead atoms. The summed E-state index contributed by atoms with van der Waals surface area (Å²) in [7, 11) is 0. The summed E-state index contributed by atoms with van der Waals surface area (Å²) in [6, 6.07) is 13.5. The van der Waals surface area contributed by atoms with Crippen molar-refractivity contribution in [3.8, 4) is 0 Å². The average molecular weight is 532 g/mol. The zero-order chi connectivity index (χ0) is 28.4. The molecule has 2 aromatic carbocycles. The fraction of sp³-hybridized carbons (Fsp3) is 0.500. The summed E-state index contributed by atoms with van der Waals surface area (Å²) in [5.74, 6) is -0.631. The Morgan fingerprint density at radius 1 is 1.05 bits per heavy atom. The van der Waals surface area contributed by atoms with Crippen LogP contribution in [0.15, 0.2) is 47.5 Å². The largest absolute Gasteiger partial charge is 0.481 e. The second-order valence-corrected chi connectivity index (χ2v) is 12.3. The predicted molar refractivity (Wildman–Crippen MR) is 153 cm³/mol. The van der Waals surface area contributed by atoms with Crippen molar-refractivity contribution in [3.05, 3.63) is 70.3 Å². The lowest BCUT2D eigenvalue weighted by atomic mass is 9.69. The van der Waals surface area contributed by atoms with Gasteiger partial charge in [0.1, 0.15) is 11.4 Å². The number of carboxylic acids is 1. The van der Waals surface area contributed by atoms with Crippen LogP contribution in [-0.2, 0) is 16.0 Å². The van der Waals surface area contributed by atoms with E-state index in [0.717, 1.165) is 47.9 Å². The van der Waals surface area contributed by atoms with Gasteiger partial charge < -0.3 is 15.3 Å². The van der Waals surface area contributed by atoms with E-state index in [2.05, 4.69) is 58.1 Å². The van der Waals surface area contributed by atoms with Gasteiger partial charge in [-0.05, 0) is 87.1 Å². The number of aliphatic imine (C=N–C) groups is 1. The first-order valence-electron chi connectivity index (χ1n) is 14.0. The van der Waals surface area contributed by atoms with Crippen molar-refractivity contribution in [1.82, 2.24) is 10.2 Å². The van der Waals surface area contributed by atoms with Crippen LogP contribution >= 0.6 is 0 Å². The summed E-state index contributed by atoms with van der Waals surface area (Å²) in [6.45, 7) is 11.6. The predicted octanol–water partition coefficient (Wildman–Crippen LogP) is 5.31. The number of amides is 2. The third kappa shape index (κ3) is 6.57. The summed E-state index contributed by atoms with van der Waals surface area (Å²) >= 11 is 0. The lowest BCUT2D eigenvalue weighted by molar-refractivity contribution is -0.136. The molecule has 0 atom stereocenters. The second-order valence-electron chi connectivity index (χ2n) is 12.3. The molecule has 208 valence electrons. The van der Waals surface area contributed by atoms with Crippen LogP contribution in [0.2, 0.25) is 0 Å². The van der Waals surface area contributed by atoms with Crippen molar-refractivity contribution >= 4 is 23.5 Å². The topological polar surface area (TPSA) is 99.1 Å². The minimum Gasteiger partial charge on any atom is -0.481 e. The number of hydrogen-bond donors (Lipinski definition) is 2. The van der Waals surface area contributed by atoms with E-state index in [-0.39, 0.29) is 30.2 Å². The normalized spacial score (nSPS) is 21.3. The Kier molecular flexibility index (Phi) is 8.28. The van der Waals surface area contributed by atoms with Gasteiger partial charge in [-0.2, -0.15) is 0 Å². The molecule has 1 aliphatic carbocycles. The second kappa shape index (κ2) is 11.3. The van der Waals surface area contributed by atoms with Gasteiger partial charge in [0.05, 0.1) is 6.42 Å². The Bertz CT molecular complexity index is 1250. The number of aryl methyl sites for hydroxylation is 2. The lowest BCUT2D eigenvalue weighted by Crippen LogP contribution is -2.50. The Hall–Kier alpha value is -3.48. The molecule has 39 heavy (non-hydrogen) atoms. The van der Waals surface area contributed by atoms with Gasteiger partial charge in [-0.1, -0.05) is 50.1 Å². The molecule has 2 aliphatic rings. The number of aliphatic carboxylic acids is 1. The fourth-order valence-corrected chi connectivity index (χ4v) is 6.02. The zero-order valence-electron chi connectivity index (χ0n) is 23.8. The maximum Gasteiger partial charge on any atom is 0.305 e. The van der Waals surface area contributed by atoms with Crippen LogP contribution in [0.1, 0.15) is 85.5 Å². The molecule has 2 aromatic rings. The summed E-state index contributed by atoms with van der Waals surface area (Å²) in [4.78, 5) is 44.1. The molecule has 2 amide bonds. The van der Waals surface area contributed by atoms with Gasteiger partial charge in [-0.25, -0.2) is 0 Å². The smallest absolute Gasteiger partial charge is 0.305 e. The number of benzene rings is 2. The standard InChI is InChI=1S/C32H41N3O4/c1-21-18-22(2)20-25(19-21)28-30(39)35(32(34-28)14-10-26(11-15-32)31(3,4)5)17-13-23-6-8-24(9-7-23)29(38)33-16-12-27(36)37/h6-9,18-20,26H,10-17H2,1-5H3,(H,33,38)(H,36,37). The van der Waals surface area contributed by atoms with Crippen LogP contribution in [0.3, 0.4) is 0 Å². The monoisotopic (exact) mass is 531 g/mol. The number of carboxylic acid groups (broad SMARTS) is 1. The molecule has 1 heterocycles. The Balaban J connectivity index is 1.51. The highest BCUT2D eigenvalue weighted by atomic mass is 16.4. The third-order valence-corrected chi connectivity index (χ3v) is 8.24. The van der Waals surface area contributed by atoms with Gasteiger partial charge in [-0.3, -0.25) is 19.4 Å². The van der Waals surface area contributed by atoms with Crippen LogP contribution in [0, 0.1) is 25.2 Å². The summed E-state index contributed by atoms with van der Waals surface area (Å²) in [5.41, 5.74) is 4.96. The molecule has 4 rings (SSSR count). The van der Waals surface area contributed by atoms with Crippen molar-refractivity contribution in [2.24, 2.45) is 16.3 Å². The average Bonchev–Trinajstić information content (AvgIpc) is 3.12. The first-order chi connectivity index (χ1) is 18.4. The minimum atomic E-state index is -0.948. The van der Waals surface area contributed by atoms with E-state index >= 15 is 0 Å². The maximum atomic E-state index is 13.9.